The average Bonchev–Trinajstić information content (AvgIpc) is 3.21. The van der Waals surface area contributed by atoms with Crippen LogP contribution in [0.2, 0.25) is 0 Å². The van der Waals surface area contributed by atoms with Crippen molar-refractivity contribution in [1.82, 2.24) is 0 Å². The predicted molar refractivity (Wildman–Crippen MR) is 90.9 cm³/mol. The highest BCUT2D eigenvalue weighted by Gasteiger charge is 2.20. The van der Waals surface area contributed by atoms with E-state index in [1.165, 1.54) is 25.7 Å². The number of anilines is 1. The Kier molecular flexibility index (Phi) is 5.55. The van der Waals surface area contributed by atoms with Crippen molar-refractivity contribution in [3.8, 4) is 5.75 Å². The molecule has 1 saturated carbocycles. The van der Waals surface area contributed by atoms with E-state index in [9.17, 15) is 4.79 Å². The Morgan fingerprint density at radius 1 is 1.26 bits per heavy atom. The van der Waals surface area contributed by atoms with E-state index < -0.39 is 0 Å². The van der Waals surface area contributed by atoms with Gasteiger partial charge in [0.25, 0.3) is 0 Å². The normalized spacial score (nSPS) is 21.5. The van der Waals surface area contributed by atoms with E-state index in [2.05, 4.69) is 5.32 Å². The first-order valence-corrected chi connectivity index (χ1v) is 8.85. The molecule has 1 N–H and O–H groups in total. The molecule has 1 aliphatic carbocycles. The number of amides is 1. The zero-order valence-corrected chi connectivity index (χ0v) is 14.0. The fourth-order valence-corrected chi connectivity index (χ4v) is 3.49. The number of rotatable bonds is 6. The molecule has 4 nitrogen and oxygen atoms in total. The highest BCUT2D eigenvalue weighted by molar-refractivity contribution is 5.92. The minimum absolute atomic E-state index is 0.0997. The molecule has 1 heterocycles. The van der Waals surface area contributed by atoms with E-state index in [4.69, 9.17) is 9.47 Å². The van der Waals surface area contributed by atoms with Crippen LogP contribution in [0.5, 0.6) is 5.75 Å². The van der Waals surface area contributed by atoms with Crippen LogP contribution in [0.3, 0.4) is 0 Å². The van der Waals surface area contributed by atoms with Crippen LogP contribution in [0.15, 0.2) is 18.2 Å². The second-order valence-electron chi connectivity index (χ2n) is 6.85. The van der Waals surface area contributed by atoms with Crippen LogP contribution in [0.25, 0.3) is 0 Å². The molecule has 4 heteroatoms. The van der Waals surface area contributed by atoms with Crippen molar-refractivity contribution in [3.05, 3.63) is 23.8 Å². The van der Waals surface area contributed by atoms with Crippen molar-refractivity contribution in [3.63, 3.8) is 0 Å². The van der Waals surface area contributed by atoms with Gasteiger partial charge in [-0.15, -0.1) is 0 Å². The third-order valence-electron chi connectivity index (χ3n) is 4.81. The van der Waals surface area contributed by atoms with Crippen molar-refractivity contribution in [2.24, 2.45) is 5.92 Å². The summed E-state index contributed by atoms with van der Waals surface area (Å²) in [5.74, 6) is 1.40. The highest BCUT2D eigenvalue weighted by Crippen LogP contribution is 2.30. The Bertz CT molecular complexity index is 531. The van der Waals surface area contributed by atoms with Gasteiger partial charge in [-0.1, -0.05) is 18.9 Å². The van der Waals surface area contributed by atoms with Crippen LogP contribution in [0.4, 0.5) is 5.69 Å². The van der Waals surface area contributed by atoms with E-state index in [0.29, 0.717) is 18.9 Å². The lowest BCUT2D eigenvalue weighted by atomic mass is 10.0. The lowest BCUT2D eigenvalue weighted by Gasteiger charge is -2.16. The molecule has 2 fully saturated rings. The number of nitrogens with one attached hydrogen (secondary N) is 1. The summed E-state index contributed by atoms with van der Waals surface area (Å²) in [6.07, 6.45) is 7.85. The van der Waals surface area contributed by atoms with Gasteiger partial charge in [-0.3, -0.25) is 4.79 Å². The topological polar surface area (TPSA) is 47.6 Å². The molecule has 126 valence electrons. The van der Waals surface area contributed by atoms with Crippen molar-refractivity contribution < 1.29 is 14.3 Å². The van der Waals surface area contributed by atoms with E-state index in [1.54, 1.807) is 0 Å². The number of ether oxygens (including phenoxy) is 2. The van der Waals surface area contributed by atoms with Gasteiger partial charge in [0, 0.05) is 13.0 Å². The summed E-state index contributed by atoms with van der Waals surface area (Å²) in [4.78, 5) is 12.3. The maximum absolute atomic E-state index is 12.3. The smallest absolute Gasteiger partial charge is 0.224 e. The van der Waals surface area contributed by atoms with Crippen LogP contribution in [0, 0.1) is 12.8 Å². The molecule has 1 amide bonds. The Hall–Kier alpha value is -1.55. The SMILES string of the molecule is Cc1ccc(NC(=O)CC2CCCC2)c(OCC2CCCO2)c1. The van der Waals surface area contributed by atoms with Gasteiger partial charge in [-0.25, -0.2) is 0 Å². The van der Waals surface area contributed by atoms with E-state index in [0.717, 1.165) is 36.4 Å². The molecule has 0 spiro atoms. The molecule has 3 rings (SSSR count). The molecule has 2 aliphatic rings. The van der Waals surface area contributed by atoms with Gasteiger partial charge in [0.15, 0.2) is 0 Å². The summed E-state index contributed by atoms with van der Waals surface area (Å²) in [5, 5.41) is 3.04. The van der Waals surface area contributed by atoms with Crippen molar-refractivity contribution in [1.29, 1.82) is 0 Å². The predicted octanol–water partition coefficient (Wildman–Crippen LogP) is 4.07. The van der Waals surface area contributed by atoms with E-state index >= 15 is 0 Å². The van der Waals surface area contributed by atoms with Gasteiger partial charge in [-0.05, 0) is 56.2 Å². The first-order chi connectivity index (χ1) is 11.2. The molecular weight excluding hydrogens is 290 g/mol. The molecule has 1 aliphatic heterocycles. The summed E-state index contributed by atoms with van der Waals surface area (Å²) in [6, 6.07) is 5.93. The van der Waals surface area contributed by atoms with E-state index in [1.807, 2.05) is 25.1 Å². The Labute approximate surface area is 138 Å². The van der Waals surface area contributed by atoms with Crippen molar-refractivity contribution in [2.75, 3.05) is 18.5 Å². The summed E-state index contributed by atoms with van der Waals surface area (Å²) >= 11 is 0. The first-order valence-electron chi connectivity index (χ1n) is 8.85. The number of carbonyl (C=O) groups excluding carboxylic acids is 1. The maximum atomic E-state index is 12.3. The number of hydrogen-bond acceptors (Lipinski definition) is 3. The van der Waals surface area contributed by atoms with Crippen LogP contribution in [-0.4, -0.2) is 25.2 Å². The summed E-state index contributed by atoms with van der Waals surface area (Å²) < 4.78 is 11.5. The van der Waals surface area contributed by atoms with E-state index in [-0.39, 0.29) is 12.0 Å². The number of benzene rings is 1. The van der Waals surface area contributed by atoms with Crippen LogP contribution >= 0.6 is 0 Å². The number of hydrogen-bond donors (Lipinski definition) is 1. The lowest BCUT2D eigenvalue weighted by Crippen LogP contribution is -2.19. The molecule has 0 bridgehead atoms. The van der Waals surface area contributed by atoms with Gasteiger partial charge < -0.3 is 14.8 Å². The molecule has 1 unspecified atom stereocenters. The van der Waals surface area contributed by atoms with Crippen molar-refractivity contribution in [2.45, 2.75) is 58.0 Å². The molecular formula is C19H27NO3. The van der Waals surface area contributed by atoms with Crippen molar-refractivity contribution >= 4 is 11.6 Å². The van der Waals surface area contributed by atoms with Gasteiger partial charge in [-0.2, -0.15) is 0 Å². The molecule has 0 radical (unpaired) electrons. The number of carbonyl (C=O) groups is 1. The maximum Gasteiger partial charge on any atom is 0.224 e. The average molecular weight is 317 g/mol. The molecule has 1 aromatic carbocycles. The van der Waals surface area contributed by atoms with Crippen LogP contribution < -0.4 is 10.1 Å². The molecule has 1 atom stereocenters. The van der Waals surface area contributed by atoms with Gasteiger partial charge in [0.2, 0.25) is 5.91 Å². The second-order valence-corrected chi connectivity index (χ2v) is 6.85. The zero-order chi connectivity index (χ0) is 16.1. The standard InChI is InChI=1S/C19H27NO3/c1-14-8-9-17(20-19(21)12-15-5-2-3-6-15)18(11-14)23-13-16-7-4-10-22-16/h8-9,11,15-16H,2-7,10,12-13H2,1H3,(H,20,21). The molecule has 0 aromatic heterocycles. The van der Waals surface area contributed by atoms with Crippen LogP contribution in [0.1, 0.15) is 50.5 Å². The summed E-state index contributed by atoms with van der Waals surface area (Å²) in [6.45, 7) is 3.41. The monoisotopic (exact) mass is 317 g/mol. The fourth-order valence-electron chi connectivity index (χ4n) is 3.49. The minimum atomic E-state index is 0.0997. The van der Waals surface area contributed by atoms with Gasteiger partial charge in [0.05, 0.1) is 11.8 Å². The second kappa shape index (κ2) is 7.82. The fraction of sp³-hybridized carbons (Fsp3) is 0.632. The third kappa shape index (κ3) is 4.71. The van der Waals surface area contributed by atoms with Crippen LogP contribution in [-0.2, 0) is 9.53 Å². The third-order valence-corrected chi connectivity index (χ3v) is 4.81. The Balaban J connectivity index is 1.59. The lowest BCUT2D eigenvalue weighted by molar-refractivity contribution is -0.117. The highest BCUT2D eigenvalue weighted by atomic mass is 16.5. The first kappa shape index (κ1) is 16.3. The number of aryl methyl sites for hydroxylation is 1. The molecule has 1 aromatic rings. The minimum Gasteiger partial charge on any atom is -0.489 e. The zero-order valence-electron chi connectivity index (χ0n) is 14.0. The largest absolute Gasteiger partial charge is 0.489 e. The summed E-state index contributed by atoms with van der Waals surface area (Å²) in [7, 11) is 0. The van der Waals surface area contributed by atoms with Gasteiger partial charge in [0.1, 0.15) is 12.4 Å². The molecule has 1 saturated heterocycles. The van der Waals surface area contributed by atoms with Gasteiger partial charge >= 0.3 is 0 Å². The summed E-state index contributed by atoms with van der Waals surface area (Å²) in [5.41, 5.74) is 1.90. The quantitative estimate of drug-likeness (QED) is 0.860. The Morgan fingerprint density at radius 2 is 2.09 bits per heavy atom. The molecule has 23 heavy (non-hydrogen) atoms. The Morgan fingerprint density at radius 3 is 2.83 bits per heavy atom.